The van der Waals surface area contributed by atoms with Gasteiger partial charge < -0.3 is 9.47 Å². The van der Waals surface area contributed by atoms with Crippen molar-refractivity contribution < 1.29 is 22.7 Å². The molecule has 0 aliphatic heterocycles. The number of anilines is 1. The SMILES string of the molecule is CCOC(=O)/C(=N/Nc1ccccc1OC)S(=O)(=O)c1ccc(Cl)cc1. The first-order valence-corrected chi connectivity index (χ1v) is 9.40. The van der Waals surface area contributed by atoms with Crippen molar-refractivity contribution in [2.75, 3.05) is 19.1 Å². The number of halogens is 1. The van der Waals surface area contributed by atoms with E-state index in [2.05, 4.69) is 10.5 Å². The van der Waals surface area contributed by atoms with Crippen molar-refractivity contribution >= 4 is 38.1 Å². The van der Waals surface area contributed by atoms with Gasteiger partial charge in [0.05, 0.1) is 24.3 Å². The van der Waals surface area contributed by atoms with Gasteiger partial charge in [0.2, 0.25) is 9.84 Å². The number of benzene rings is 2. The zero-order valence-corrected chi connectivity index (χ0v) is 15.7. The fourth-order valence-electron chi connectivity index (χ4n) is 1.98. The fraction of sp³-hybridized carbons (Fsp3) is 0.176. The second-order valence-electron chi connectivity index (χ2n) is 4.91. The smallest absolute Gasteiger partial charge is 0.371 e. The molecule has 0 fully saturated rings. The Hall–Kier alpha value is -2.58. The summed E-state index contributed by atoms with van der Waals surface area (Å²) in [5.41, 5.74) is 2.94. The molecule has 0 aliphatic carbocycles. The van der Waals surface area contributed by atoms with Gasteiger partial charge in [0, 0.05) is 5.02 Å². The number of esters is 1. The lowest BCUT2D eigenvalue weighted by Crippen LogP contribution is -2.28. The molecule has 26 heavy (non-hydrogen) atoms. The largest absolute Gasteiger partial charge is 0.495 e. The van der Waals surface area contributed by atoms with Crippen molar-refractivity contribution in [3.8, 4) is 5.75 Å². The average Bonchev–Trinajstić information content (AvgIpc) is 2.62. The highest BCUT2D eigenvalue weighted by molar-refractivity contribution is 8.08. The summed E-state index contributed by atoms with van der Waals surface area (Å²) < 4.78 is 35.6. The Bertz CT molecular complexity index is 911. The summed E-state index contributed by atoms with van der Waals surface area (Å²) in [7, 11) is -2.76. The zero-order chi connectivity index (χ0) is 19.2. The number of nitrogens with one attached hydrogen (secondary N) is 1. The quantitative estimate of drug-likeness (QED) is 0.361. The van der Waals surface area contributed by atoms with Crippen LogP contribution < -0.4 is 10.2 Å². The van der Waals surface area contributed by atoms with Gasteiger partial charge in [-0.3, -0.25) is 5.43 Å². The molecular weight excluding hydrogens is 380 g/mol. The lowest BCUT2D eigenvalue weighted by atomic mass is 10.3. The van der Waals surface area contributed by atoms with Gasteiger partial charge in [0.1, 0.15) is 5.75 Å². The molecule has 0 aromatic heterocycles. The normalized spacial score (nSPS) is 11.7. The van der Waals surface area contributed by atoms with E-state index in [1.54, 1.807) is 31.2 Å². The second kappa shape index (κ2) is 8.68. The van der Waals surface area contributed by atoms with Crippen LogP contribution >= 0.6 is 11.6 Å². The molecule has 0 spiro atoms. The molecule has 0 bridgehead atoms. The van der Waals surface area contributed by atoms with Gasteiger partial charge in [-0.25, -0.2) is 13.2 Å². The van der Waals surface area contributed by atoms with Gasteiger partial charge in [-0.1, -0.05) is 23.7 Å². The molecule has 0 radical (unpaired) electrons. The van der Waals surface area contributed by atoms with E-state index in [0.29, 0.717) is 16.5 Å². The number of carbonyl (C=O) groups excluding carboxylic acids is 1. The number of rotatable bonds is 5. The lowest BCUT2D eigenvalue weighted by molar-refractivity contribution is -0.134. The first-order valence-electron chi connectivity index (χ1n) is 7.54. The Kier molecular flexibility index (Phi) is 6.59. The van der Waals surface area contributed by atoms with Gasteiger partial charge in [-0.2, -0.15) is 5.10 Å². The predicted octanol–water partition coefficient (Wildman–Crippen LogP) is 3.11. The zero-order valence-electron chi connectivity index (χ0n) is 14.1. The molecular formula is C17H17ClN2O5S. The van der Waals surface area contributed by atoms with E-state index in [-0.39, 0.29) is 11.5 Å². The maximum atomic E-state index is 12.8. The van der Waals surface area contributed by atoms with Crippen molar-refractivity contribution in [1.82, 2.24) is 0 Å². The van der Waals surface area contributed by atoms with Crippen molar-refractivity contribution in [2.24, 2.45) is 5.10 Å². The maximum Gasteiger partial charge on any atom is 0.371 e. The molecule has 0 unspecified atom stereocenters. The summed E-state index contributed by atoms with van der Waals surface area (Å²) >= 11 is 5.79. The van der Waals surface area contributed by atoms with Crippen LogP contribution in [0.15, 0.2) is 58.5 Å². The van der Waals surface area contributed by atoms with Crippen LogP contribution in [-0.4, -0.2) is 33.1 Å². The lowest BCUT2D eigenvalue weighted by Gasteiger charge is -2.10. The second-order valence-corrected chi connectivity index (χ2v) is 7.21. The molecule has 7 nitrogen and oxygen atoms in total. The van der Waals surface area contributed by atoms with Crippen molar-refractivity contribution in [3.63, 3.8) is 0 Å². The van der Waals surface area contributed by atoms with Crippen molar-refractivity contribution in [3.05, 3.63) is 53.6 Å². The summed E-state index contributed by atoms with van der Waals surface area (Å²) in [6, 6.07) is 12.1. The first kappa shape index (κ1) is 19.7. The Morgan fingerprint density at radius 2 is 1.81 bits per heavy atom. The molecule has 0 atom stereocenters. The molecule has 2 aromatic carbocycles. The Morgan fingerprint density at radius 1 is 1.15 bits per heavy atom. The fourth-order valence-corrected chi connectivity index (χ4v) is 3.27. The van der Waals surface area contributed by atoms with E-state index >= 15 is 0 Å². The van der Waals surface area contributed by atoms with Gasteiger partial charge >= 0.3 is 5.97 Å². The van der Waals surface area contributed by atoms with E-state index in [1.807, 2.05) is 0 Å². The van der Waals surface area contributed by atoms with Crippen LogP contribution in [0.1, 0.15) is 6.92 Å². The molecule has 0 aliphatic rings. The van der Waals surface area contributed by atoms with Crippen LogP contribution in [0, 0.1) is 0 Å². The third kappa shape index (κ3) is 4.53. The van der Waals surface area contributed by atoms with Gasteiger partial charge in [-0.15, -0.1) is 0 Å². The highest BCUT2D eigenvalue weighted by Crippen LogP contribution is 2.24. The first-order chi connectivity index (χ1) is 12.4. The van der Waals surface area contributed by atoms with Crippen LogP contribution in [0.25, 0.3) is 0 Å². The molecule has 1 N–H and O–H groups in total. The number of methoxy groups -OCH3 is 1. The molecule has 2 aromatic rings. The summed E-state index contributed by atoms with van der Waals surface area (Å²) in [5, 5.41) is 3.38. The minimum absolute atomic E-state index is 0.00263. The van der Waals surface area contributed by atoms with Gasteiger partial charge in [-0.05, 0) is 43.3 Å². The molecule has 0 saturated heterocycles. The summed E-state index contributed by atoms with van der Waals surface area (Å²) in [4.78, 5) is 12.0. The van der Waals surface area contributed by atoms with E-state index < -0.39 is 20.9 Å². The summed E-state index contributed by atoms with van der Waals surface area (Å²) in [5.74, 6) is -0.631. The van der Waals surface area contributed by atoms with E-state index in [1.165, 1.54) is 31.4 Å². The number of hydrogen-bond donors (Lipinski definition) is 1. The van der Waals surface area contributed by atoms with Gasteiger partial charge in [0.15, 0.2) is 0 Å². The number of carbonyl (C=O) groups is 1. The predicted molar refractivity (Wildman–Crippen MR) is 99.3 cm³/mol. The highest BCUT2D eigenvalue weighted by Gasteiger charge is 2.31. The summed E-state index contributed by atoms with van der Waals surface area (Å²) in [6.07, 6.45) is 0. The topological polar surface area (TPSA) is 94.1 Å². The standard InChI is InChI=1S/C17H17ClN2O5S/c1-3-25-17(21)16(20-19-14-6-4-5-7-15(14)24-2)26(22,23)13-10-8-12(18)9-11-13/h4-11,19H,3H2,1-2H3/b20-16-. The van der Waals surface area contributed by atoms with Crippen molar-refractivity contribution in [1.29, 1.82) is 0 Å². The van der Waals surface area contributed by atoms with Gasteiger partial charge in [0.25, 0.3) is 5.04 Å². The van der Waals surface area contributed by atoms with Crippen LogP contribution in [0.2, 0.25) is 5.02 Å². The molecule has 2 rings (SSSR count). The number of hydrogen-bond acceptors (Lipinski definition) is 7. The van der Waals surface area contributed by atoms with Crippen LogP contribution in [0.3, 0.4) is 0 Å². The molecule has 0 amide bonds. The maximum absolute atomic E-state index is 12.8. The Balaban J connectivity index is 2.46. The highest BCUT2D eigenvalue weighted by atomic mass is 35.5. The number of para-hydroxylation sites is 2. The minimum atomic E-state index is -4.22. The Morgan fingerprint density at radius 3 is 2.42 bits per heavy atom. The number of nitrogens with zero attached hydrogens (tertiary/aromatic N) is 1. The molecule has 9 heteroatoms. The van der Waals surface area contributed by atoms with E-state index in [4.69, 9.17) is 21.1 Å². The minimum Gasteiger partial charge on any atom is -0.495 e. The van der Waals surface area contributed by atoms with E-state index in [0.717, 1.165) is 0 Å². The number of sulfone groups is 1. The molecule has 0 heterocycles. The third-order valence-electron chi connectivity index (χ3n) is 3.21. The monoisotopic (exact) mass is 396 g/mol. The third-order valence-corrected chi connectivity index (χ3v) is 5.13. The summed E-state index contributed by atoms with van der Waals surface area (Å²) in [6.45, 7) is 1.57. The van der Waals surface area contributed by atoms with Crippen LogP contribution in [0.4, 0.5) is 5.69 Å². The number of ether oxygens (including phenoxy) is 2. The average molecular weight is 397 g/mol. The number of hydrazone groups is 1. The van der Waals surface area contributed by atoms with Crippen molar-refractivity contribution in [2.45, 2.75) is 11.8 Å². The molecule has 0 saturated carbocycles. The molecule has 138 valence electrons. The Labute approximate surface area is 156 Å². The van der Waals surface area contributed by atoms with Crippen LogP contribution in [0.5, 0.6) is 5.75 Å². The van der Waals surface area contributed by atoms with E-state index in [9.17, 15) is 13.2 Å². The van der Waals surface area contributed by atoms with Crippen LogP contribution in [-0.2, 0) is 19.4 Å².